The maximum absolute atomic E-state index is 13.2. The van der Waals surface area contributed by atoms with Crippen molar-refractivity contribution in [2.75, 3.05) is 43.5 Å². The number of nitrogens with zero attached hydrogens (tertiary/aromatic N) is 4. The highest BCUT2D eigenvalue weighted by molar-refractivity contribution is 6.09. The van der Waals surface area contributed by atoms with Crippen molar-refractivity contribution in [1.82, 2.24) is 15.3 Å². The summed E-state index contributed by atoms with van der Waals surface area (Å²) in [7, 11) is 3.89. The van der Waals surface area contributed by atoms with Gasteiger partial charge in [0, 0.05) is 32.0 Å². The maximum Gasteiger partial charge on any atom is 0.263 e. The Kier molecular flexibility index (Phi) is 7.09. The van der Waals surface area contributed by atoms with E-state index in [-0.39, 0.29) is 12.0 Å². The zero-order valence-corrected chi connectivity index (χ0v) is 18.6. The molecule has 0 saturated heterocycles. The molecule has 32 heavy (non-hydrogen) atoms. The Balaban J connectivity index is 1.51. The molecular weight excluding hydrogens is 402 g/mol. The van der Waals surface area contributed by atoms with E-state index in [9.17, 15) is 4.79 Å². The van der Waals surface area contributed by atoms with Crippen molar-refractivity contribution >= 4 is 17.4 Å². The van der Waals surface area contributed by atoms with E-state index in [0.29, 0.717) is 31.1 Å². The van der Waals surface area contributed by atoms with Gasteiger partial charge in [-0.3, -0.25) is 4.79 Å². The Bertz CT molecular complexity index is 1040. The molecule has 0 saturated carbocycles. The Morgan fingerprint density at radius 2 is 1.97 bits per heavy atom. The van der Waals surface area contributed by atoms with Gasteiger partial charge >= 0.3 is 0 Å². The minimum atomic E-state index is -0.0841. The summed E-state index contributed by atoms with van der Waals surface area (Å²) in [6.45, 7) is 2.61. The summed E-state index contributed by atoms with van der Waals surface area (Å²) in [5.74, 6) is 0.585. The minimum Gasteiger partial charge on any atom is -0.369 e. The van der Waals surface area contributed by atoms with Crippen molar-refractivity contribution < 1.29 is 9.53 Å². The van der Waals surface area contributed by atoms with E-state index in [1.165, 1.54) is 11.9 Å². The Morgan fingerprint density at radius 3 is 2.78 bits per heavy atom. The van der Waals surface area contributed by atoms with Crippen LogP contribution in [0.4, 0.5) is 11.5 Å². The summed E-state index contributed by atoms with van der Waals surface area (Å²) < 4.78 is 6.31. The normalized spacial score (nSPS) is 14.8. The van der Waals surface area contributed by atoms with E-state index in [0.717, 1.165) is 24.2 Å². The van der Waals surface area contributed by atoms with Gasteiger partial charge in [-0.2, -0.15) is 0 Å². The molecule has 3 aromatic rings. The second kappa shape index (κ2) is 10.3. The summed E-state index contributed by atoms with van der Waals surface area (Å²) in [5, 5.41) is 3.20. The van der Waals surface area contributed by atoms with Crippen LogP contribution in [0.15, 0.2) is 67.1 Å². The lowest BCUT2D eigenvalue weighted by Crippen LogP contribution is -2.33. The van der Waals surface area contributed by atoms with E-state index >= 15 is 0 Å². The SMILES string of the molecule is CNCC[C@@H](OCc1cccc(N2CCN(C)c3ncncc3C2=O)c1)c1ccccc1. The largest absolute Gasteiger partial charge is 0.369 e. The lowest BCUT2D eigenvalue weighted by atomic mass is 10.1. The third-order valence-electron chi connectivity index (χ3n) is 5.69. The monoisotopic (exact) mass is 431 g/mol. The third kappa shape index (κ3) is 4.95. The second-order valence-corrected chi connectivity index (χ2v) is 7.91. The number of hydrogen-bond acceptors (Lipinski definition) is 6. The maximum atomic E-state index is 13.2. The van der Waals surface area contributed by atoms with Gasteiger partial charge in [-0.25, -0.2) is 9.97 Å². The van der Waals surface area contributed by atoms with E-state index in [4.69, 9.17) is 4.74 Å². The van der Waals surface area contributed by atoms with Gasteiger partial charge in [0.25, 0.3) is 5.91 Å². The number of amides is 1. The lowest BCUT2D eigenvalue weighted by Gasteiger charge is -2.22. The molecule has 1 aromatic heterocycles. The van der Waals surface area contributed by atoms with Gasteiger partial charge in [-0.15, -0.1) is 0 Å². The molecule has 0 spiro atoms. The number of ether oxygens (including phenoxy) is 1. The first-order valence-corrected chi connectivity index (χ1v) is 10.9. The molecule has 0 aliphatic carbocycles. The predicted molar refractivity (Wildman–Crippen MR) is 126 cm³/mol. The number of fused-ring (bicyclic) bond motifs is 1. The van der Waals surface area contributed by atoms with Crippen LogP contribution in [0.5, 0.6) is 0 Å². The van der Waals surface area contributed by atoms with E-state index < -0.39 is 0 Å². The molecule has 1 aliphatic rings. The molecule has 166 valence electrons. The number of benzene rings is 2. The predicted octanol–water partition coefficient (Wildman–Crippen LogP) is 3.44. The first-order valence-electron chi connectivity index (χ1n) is 10.9. The second-order valence-electron chi connectivity index (χ2n) is 7.91. The van der Waals surface area contributed by atoms with Crippen molar-refractivity contribution in [3.05, 3.63) is 83.8 Å². The summed E-state index contributed by atoms with van der Waals surface area (Å²) in [5.41, 5.74) is 3.57. The van der Waals surface area contributed by atoms with Crippen LogP contribution in [0.25, 0.3) is 0 Å². The number of nitrogens with one attached hydrogen (secondary N) is 1. The van der Waals surface area contributed by atoms with Crippen LogP contribution >= 0.6 is 0 Å². The van der Waals surface area contributed by atoms with Crippen LogP contribution in [0.3, 0.4) is 0 Å². The average molecular weight is 432 g/mol. The van der Waals surface area contributed by atoms with Crippen molar-refractivity contribution in [3.63, 3.8) is 0 Å². The molecule has 4 rings (SSSR count). The highest BCUT2D eigenvalue weighted by atomic mass is 16.5. The molecule has 2 heterocycles. The van der Waals surface area contributed by atoms with Crippen LogP contribution in [-0.2, 0) is 11.3 Å². The summed E-state index contributed by atoms with van der Waals surface area (Å²) >= 11 is 0. The average Bonchev–Trinajstić information content (AvgIpc) is 2.96. The van der Waals surface area contributed by atoms with Crippen LogP contribution in [-0.4, -0.2) is 49.6 Å². The van der Waals surface area contributed by atoms with Gasteiger partial charge in [-0.05, 0) is 43.3 Å². The Morgan fingerprint density at radius 1 is 1.12 bits per heavy atom. The zero-order valence-electron chi connectivity index (χ0n) is 18.6. The number of hydrogen-bond donors (Lipinski definition) is 1. The molecule has 7 heteroatoms. The van der Waals surface area contributed by atoms with Crippen LogP contribution < -0.4 is 15.1 Å². The van der Waals surface area contributed by atoms with Crippen LogP contribution in [0, 0.1) is 0 Å². The molecule has 0 unspecified atom stereocenters. The number of rotatable bonds is 8. The Hall–Kier alpha value is -3.29. The molecule has 1 N–H and O–H groups in total. The lowest BCUT2D eigenvalue weighted by molar-refractivity contribution is 0.0344. The smallest absolute Gasteiger partial charge is 0.263 e. The van der Waals surface area contributed by atoms with Crippen molar-refractivity contribution in [2.24, 2.45) is 0 Å². The van der Waals surface area contributed by atoms with E-state index in [2.05, 4.69) is 27.4 Å². The first kappa shape index (κ1) is 21.9. The quantitative estimate of drug-likeness (QED) is 0.589. The van der Waals surface area contributed by atoms with Gasteiger partial charge in [-0.1, -0.05) is 42.5 Å². The summed E-state index contributed by atoms with van der Waals surface area (Å²) in [6, 6.07) is 18.3. The van der Waals surface area contributed by atoms with Crippen molar-refractivity contribution in [2.45, 2.75) is 19.1 Å². The summed E-state index contributed by atoms with van der Waals surface area (Å²) in [6.07, 6.45) is 3.96. The zero-order chi connectivity index (χ0) is 22.3. The molecule has 7 nitrogen and oxygen atoms in total. The Labute approximate surface area is 189 Å². The molecular formula is C25H29N5O2. The summed E-state index contributed by atoms with van der Waals surface area (Å²) in [4.78, 5) is 25.4. The first-order chi connectivity index (χ1) is 15.7. The molecule has 0 bridgehead atoms. The van der Waals surface area contributed by atoms with Crippen LogP contribution in [0.1, 0.15) is 34.0 Å². The highest BCUT2D eigenvalue weighted by Crippen LogP contribution is 2.27. The van der Waals surface area contributed by atoms with Crippen molar-refractivity contribution in [3.8, 4) is 0 Å². The fourth-order valence-electron chi connectivity index (χ4n) is 3.93. The number of likely N-dealkylation sites (N-methyl/N-ethyl adjacent to an activating group) is 1. The molecule has 0 radical (unpaired) electrons. The third-order valence-corrected chi connectivity index (χ3v) is 5.69. The van der Waals surface area contributed by atoms with E-state index in [1.807, 2.05) is 61.5 Å². The molecule has 1 amide bonds. The molecule has 0 fully saturated rings. The van der Waals surface area contributed by atoms with E-state index in [1.54, 1.807) is 11.1 Å². The van der Waals surface area contributed by atoms with Gasteiger partial charge in [0.15, 0.2) is 0 Å². The van der Waals surface area contributed by atoms with Crippen LogP contribution in [0.2, 0.25) is 0 Å². The molecule has 1 aliphatic heterocycles. The van der Waals surface area contributed by atoms with Crippen molar-refractivity contribution in [1.29, 1.82) is 0 Å². The highest BCUT2D eigenvalue weighted by Gasteiger charge is 2.27. The number of aromatic nitrogens is 2. The number of carbonyl (C=O) groups excluding carboxylic acids is 1. The molecule has 1 atom stereocenters. The van der Waals surface area contributed by atoms with Gasteiger partial charge in [0.1, 0.15) is 17.7 Å². The number of carbonyl (C=O) groups is 1. The van der Waals surface area contributed by atoms with Gasteiger partial charge in [0.05, 0.1) is 12.7 Å². The standard InChI is InChI=1S/C25H29N5O2/c1-26-12-11-23(20-8-4-3-5-9-20)32-17-19-7-6-10-21(15-19)30-14-13-29(2)24-22(25(30)31)16-27-18-28-24/h3-10,15-16,18,23,26H,11-14,17H2,1-2H3/t23-/m1/s1. The topological polar surface area (TPSA) is 70.6 Å². The fraction of sp³-hybridized carbons (Fsp3) is 0.320. The molecule has 2 aromatic carbocycles. The van der Waals surface area contributed by atoms with Gasteiger partial charge < -0.3 is 19.9 Å². The van der Waals surface area contributed by atoms with Gasteiger partial charge in [0.2, 0.25) is 0 Å². The number of anilines is 2. The minimum absolute atomic E-state index is 0.00444. The fourth-order valence-corrected chi connectivity index (χ4v) is 3.93.